The summed E-state index contributed by atoms with van der Waals surface area (Å²) in [6, 6.07) is 8.93. The molecule has 0 atom stereocenters. The van der Waals surface area contributed by atoms with Crippen molar-refractivity contribution in [3.63, 3.8) is 0 Å². The SMILES string of the molecule is CSCS(=O)(=O)NCCSC(=O)c1ccccc1. The number of carbonyl (C=O) groups excluding carboxylic acids is 1. The van der Waals surface area contributed by atoms with Gasteiger partial charge in [0.05, 0.1) is 0 Å². The lowest BCUT2D eigenvalue weighted by molar-refractivity contribution is 0.108. The van der Waals surface area contributed by atoms with Gasteiger partial charge in [0, 0.05) is 17.9 Å². The summed E-state index contributed by atoms with van der Waals surface area (Å²) in [4.78, 5) is 11.7. The molecule has 0 amide bonds. The van der Waals surface area contributed by atoms with E-state index in [0.717, 1.165) is 11.8 Å². The zero-order chi connectivity index (χ0) is 13.4. The van der Waals surface area contributed by atoms with Crippen molar-refractivity contribution in [1.29, 1.82) is 0 Å². The first-order valence-corrected chi connectivity index (χ1v) is 9.27. The highest BCUT2D eigenvalue weighted by molar-refractivity contribution is 8.14. The molecule has 0 aliphatic rings. The van der Waals surface area contributed by atoms with Gasteiger partial charge in [-0.1, -0.05) is 42.1 Å². The molecular formula is C11H15NO3S3. The minimum absolute atomic E-state index is 0.0420. The minimum Gasteiger partial charge on any atom is -0.282 e. The Labute approximate surface area is 116 Å². The molecule has 1 N–H and O–H groups in total. The zero-order valence-electron chi connectivity index (χ0n) is 9.96. The van der Waals surface area contributed by atoms with Gasteiger partial charge in [-0.15, -0.1) is 11.8 Å². The molecule has 0 unspecified atom stereocenters. The molecule has 0 saturated carbocycles. The van der Waals surface area contributed by atoms with E-state index in [9.17, 15) is 13.2 Å². The van der Waals surface area contributed by atoms with Crippen molar-refractivity contribution < 1.29 is 13.2 Å². The maximum atomic E-state index is 11.7. The Kier molecular flexibility index (Phi) is 6.77. The average molecular weight is 305 g/mol. The molecule has 0 radical (unpaired) electrons. The second kappa shape index (κ2) is 7.83. The van der Waals surface area contributed by atoms with Crippen LogP contribution in [-0.2, 0) is 10.0 Å². The van der Waals surface area contributed by atoms with Gasteiger partial charge in [-0.2, -0.15) is 0 Å². The largest absolute Gasteiger partial charge is 0.282 e. The lowest BCUT2D eigenvalue weighted by Crippen LogP contribution is -2.27. The predicted octanol–water partition coefficient (Wildman–Crippen LogP) is 1.80. The molecule has 4 nitrogen and oxygen atoms in total. The summed E-state index contributed by atoms with van der Waals surface area (Å²) < 4.78 is 25.1. The molecule has 7 heteroatoms. The van der Waals surface area contributed by atoms with E-state index < -0.39 is 10.0 Å². The molecule has 18 heavy (non-hydrogen) atoms. The number of sulfonamides is 1. The van der Waals surface area contributed by atoms with E-state index >= 15 is 0 Å². The average Bonchev–Trinajstić information content (AvgIpc) is 2.35. The van der Waals surface area contributed by atoms with Crippen molar-refractivity contribution in [2.45, 2.75) is 0 Å². The van der Waals surface area contributed by atoms with Crippen molar-refractivity contribution in [2.75, 3.05) is 23.6 Å². The van der Waals surface area contributed by atoms with Crippen LogP contribution in [0.5, 0.6) is 0 Å². The van der Waals surface area contributed by atoms with Crippen LogP contribution in [-0.4, -0.2) is 37.2 Å². The molecule has 0 heterocycles. The van der Waals surface area contributed by atoms with Crippen molar-refractivity contribution in [1.82, 2.24) is 4.72 Å². The normalized spacial score (nSPS) is 11.4. The molecule has 0 spiro atoms. The number of thioether (sulfide) groups is 2. The highest BCUT2D eigenvalue weighted by Gasteiger charge is 2.09. The number of benzene rings is 1. The number of nitrogens with one attached hydrogen (secondary N) is 1. The molecule has 100 valence electrons. The van der Waals surface area contributed by atoms with E-state index in [1.807, 2.05) is 6.07 Å². The molecule has 0 fully saturated rings. The van der Waals surface area contributed by atoms with Gasteiger partial charge in [0.1, 0.15) is 5.08 Å². The predicted molar refractivity (Wildman–Crippen MR) is 78.5 cm³/mol. The van der Waals surface area contributed by atoms with Crippen LogP contribution in [0.3, 0.4) is 0 Å². The van der Waals surface area contributed by atoms with E-state index in [4.69, 9.17) is 0 Å². The quantitative estimate of drug-likeness (QED) is 0.778. The van der Waals surface area contributed by atoms with E-state index in [2.05, 4.69) is 4.72 Å². The Hall–Kier alpha value is -0.500. The van der Waals surface area contributed by atoms with Crippen LogP contribution in [0.15, 0.2) is 30.3 Å². The van der Waals surface area contributed by atoms with Gasteiger partial charge < -0.3 is 0 Å². The number of carbonyl (C=O) groups is 1. The van der Waals surface area contributed by atoms with Gasteiger partial charge in [0.15, 0.2) is 0 Å². The van der Waals surface area contributed by atoms with E-state index in [0.29, 0.717) is 11.3 Å². The van der Waals surface area contributed by atoms with Crippen LogP contribution in [0.4, 0.5) is 0 Å². The second-order valence-corrected chi connectivity index (χ2v) is 7.52. The van der Waals surface area contributed by atoms with Crippen LogP contribution < -0.4 is 4.72 Å². The molecular weight excluding hydrogens is 290 g/mol. The molecule has 0 bridgehead atoms. The van der Waals surface area contributed by atoms with Crippen molar-refractivity contribution in [2.24, 2.45) is 0 Å². The lowest BCUT2D eigenvalue weighted by Gasteiger charge is -2.04. The van der Waals surface area contributed by atoms with Crippen LogP contribution in [0.25, 0.3) is 0 Å². The Morgan fingerprint density at radius 3 is 2.56 bits per heavy atom. The van der Waals surface area contributed by atoms with Crippen LogP contribution in [0.1, 0.15) is 10.4 Å². The fraction of sp³-hybridized carbons (Fsp3) is 0.364. The standard InChI is InChI=1S/C11H15NO3S3/c1-16-9-18(14,15)12-7-8-17-11(13)10-5-3-2-4-6-10/h2-6,12H,7-9H2,1H3. The first-order valence-electron chi connectivity index (χ1n) is 5.23. The molecule has 0 saturated heterocycles. The molecule has 1 rings (SSSR count). The Morgan fingerprint density at radius 1 is 1.28 bits per heavy atom. The van der Waals surface area contributed by atoms with Crippen LogP contribution in [0, 0.1) is 0 Å². The first kappa shape index (κ1) is 15.6. The fourth-order valence-corrected chi connectivity index (χ4v) is 4.00. The lowest BCUT2D eigenvalue weighted by atomic mass is 10.2. The van der Waals surface area contributed by atoms with Gasteiger partial charge in [0.25, 0.3) is 0 Å². The Morgan fingerprint density at radius 2 is 1.94 bits per heavy atom. The summed E-state index contributed by atoms with van der Waals surface area (Å²) in [5.74, 6) is 0.432. The minimum atomic E-state index is -3.21. The molecule has 0 aliphatic carbocycles. The monoisotopic (exact) mass is 305 g/mol. The highest BCUT2D eigenvalue weighted by Crippen LogP contribution is 2.11. The number of rotatable bonds is 7. The maximum absolute atomic E-state index is 11.7. The van der Waals surface area contributed by atoms with Gasteiger partial charge in [-0.25, -0.2) is 13.1 Å². The van der Waals surface area contributed by atoms with Crippen molar-refractivity contribution >= 4 is 38.7 Å². The summed E-state index contributed by atoms with van der Waals surface area (Å²) in [6.45, 7) is 0.270. The highest BCUT2D eigenvalue weighted by atomic mass is 32.3. The summed E-state index contributed by atoms with van der Waals surface area (Å²) in [7, 11) is -3.21. The van der Waals surface area contributed by atoms with E-state index in [1.165, 1.54) is 11.8 Å². The summed E-state index contributed by atoms with van der Waals surface area (Å²) in [5, 5.41) is 0.00395. The van der Waals surface area contributed by atoms with E-state index in [-0.39, 0.29) is 16.7 Å². The summed E-state index contributed by atoms with van der Waals surface area (Å²) >= 11 is 2.36. The van der Waals surface area contributed by atoms with Crippen LogP contribution >= 0.6 is 23.5 Å². The van der Waals surface area contributed by atoms with Crippen molar-refractivity contribution in [3.8, 4) is 0 Å². The number of hydrogen-bond acceptors (Lipinski definition) is 5. The van der Waals surface area contributed by atoms with Gasteiger partial charge in [0.2, 0.25) is 15.1 Å². The topological polar surface area (TPSA) is 63.2 Å². The third kappa shape index (κ3) is 5.90. The molecule has 0 aliphatic heterocycles. The maximum Gasteiger partial charge on any atom is 0.220 e. The van der Waals surface area contributed by atoms with Gasteiger partial charge >= 0.3 is 0 Å². The number of hydrogen-bond donors (Lipinski definition) is 1. The molecule has 0 aromatic heterocycles. The first-order chi connectivity index (χ1) is 8.55. The zero-order valence-corrected chi connectivity index (χ0v) is 12.4. The summed E-state index contributed by atoms with van der Waals surface area (Å²) in [5.41, 5.74) is 0.634. The Balaban J connectivity index is 2.29. The molecule has 1 aromatic rings. The smallest absolute Gasteiger partial charge is 0.220 e. The molecule has 1 aromatic carbocycles. The van der Waals surface area contributed by atoms with Crippen molar-refractivity contribution in [3.05, 3.63) is 35.9 Å². The van der Waals surface area contributed by atoms with E-state index in [1.54, 1.807) is 30.5 Å². The van der Waals surface area contributed by atoms with Gasteiger partial charge in [-0.3, -0.25) is 4.79 Å². The second-order valence-electron chi connectivity index (χ2n) is 3.42. The Bertz CT molecular complexity index is 474. The van der Waals surface area contributed by atoms with Gasteiger partial charge in [-0.05, 0) is 6.26 Å². The third-order valence-corrected chi connectivity index (χ3v) is 5.67. The summed E-state index contributed by atoms with van der Waals surface area (Å²) in [6.07, 6.45) is 1.73. The fourth-order valence-electron chi connectivity index (χ4n) is 1.20. The van der Waals surface area contributed by atoms with Crippen LogP contribution in [0.2, 0.25) is 0 Å². The third-order valence-electron chi connectivity index (χ3n) is 1.94.